The van der Waals surface area contributed by atoms with E-state index in [1.807, 2.05) is 0 Å². The fraction of sp³-hybridized carbons (Fsp3) is 0.333. The van der Waals surface area contributed by atoms with Gasteiger partial charge in [-0.05, 0) is 11.6 Å². The van der Waals surface area contributed by atoms with Crippen LogP contribution in [0.5, 0.6) is 0 Å². The second-order valence-electron chi connectivity index (χ2n) is 2.78. The van der Waals surface area contributed by atoms with E-state index in [0.717, 1.165) is 0 Å². The van der Waals surface area contributed by atoms with E-state index in [1.54, 1.807) is 24.3 Å². The molecule has 1 aromatic rings. The SMILES string of the molecule is COP(=O)(OC)c1ccccc1CP=O. The fourth-order valence-electron chi connectivity index (χ4n) is 1.25. The van der Waals surface area contributed by atoms with Gasteiger partial charge in [0.1, 0.15) is 0 Å². The Hall–Kier alpha value is -0.530. The van der Waals surface area contributed by atoms with Crippen LogP contribution in [0.4, 0.5) is 0 Å². The predicted molar refractivity (Wildman–Crippen MR) is 59.0 cm³/mol. The topological polar surface area (TPSA) is 52.6 Å². The number of rotatable bonds is 5. The lowest BCUT2D eigenvalue weighted by Crippen LogP contribution is -2.12. The van der Waals surface area contributed by atoms with E-state index in [9.17, 15) is 9.13 Å². The van der Waals surface area contributed by atoms with Crippen LogP contribution < -0.4 is 5.30 Å². The molecule has 0 heterocycles. The summed E-state index contributed by atoms with van der Waals surface area (Å²) in [6.45, 7) is 0. The molecular formula is C9H12O4P2. The molecule has 0 aromatic heterocycles. The van der Waals surface area contributed by atoms with Crippen molar-refractivity contribution in [2.75, 3.05) is 14.2 Å². The van der Waals surface area contributed by atoms with Gasteiger partial charge in [0, 0.05) is 14.2 Å². The van der Waals surface area contributed by atoms with Gasteiger partial charge in [-0.1, -0.05) is 18.2 Å². The van der Waals surface area contributed by atoms with Gasteiger partial charge in [0.15, 0.2) is 8.46 Å². The third-order valence-electron chi connectivity index (χ3n) is 2.00. The molecule has 0 atom stereocenters. The van der Waals surface area contributed by atoms with Crippen LogP contribution >= 0.6 is 16.1 Å². The van der Waals surface area contributed by atoms with Crippen molar-refractivity contribution >= 4 is 21.4 Å². The first-order chi connectivity index (χ1) is 7.18. The summed E-state index contributed by atoms with van der Waals surface area (Å²) in [5, 5.41) is 0.471. The monoisotopic (exact) mass is 246 g/mol. The molecule has 0 fully saturated rings. The number of hydrogen-bond donors (Lipinski definition) is 0. The minimum atomic E-state index is -3.24. The quantitative estimate of drug-likeness (QED) is 0.749. The van der Waals surface area contributed by atoms with Crippen LogP contribution in [0, 0.1) is 0 Å². The molecule has 1 aromatic carbocycles. The fourth-order valence-corrected chi connectivity index (χ4v) is 3.11. The van der Waals surface area contributed by atoms with E-state index in [4.69, 9.17) is 9.05 Å². The molecule has 82 valence electrons. The Morgan fingerprint density at radius 1 is 1.27 bits per heavy atom. The molecule has 4 nitrogen and oxygen atoms in total. The molecule has 0 amide bonds. The highest BCUT2D eigenvalue weighted by Gasteiger charge is 2.26. The van der Waals surface area contributed by atoms with Gasteiger partial charge in [0.05, 0.1) is 11.5 Å². The Kier molecular flexibility index (Phi) is 4.62. The molecule has 0 spiro atoms. The first-order valence-corrected chi connectivity index (χ1v) is 6.81. The lowest BCUT2D eigenvalue weighted by atomic mass is 10.2. The minimum Gasteiger partial charge on any atom is -0.309 e. The van der Waals surface area contributed by atoms with Crippen molar-refractivity contribution < 1.29 is 18.2 Å². The maximum absolute atomic E-state index is 12.1. The van der Waals surface area contributed by atoms with E-state index in [-0.39, 0.29) is 8.46 Å². The summed E-state index contributed by atoms with van der Waals surface area (Å²) in [6.07, 6.45) is 0.298. The molecule has 0 radical (unpaired) electrons. The Morgan fingerprint density at radius 3 is 2.40 bits per heavy atom. The van der Waals surface area contributed by atoms with Crippen molar-refractivity contribution in [3.63, 3.8) is 0 Å². The van der Waals surface area contributed by atoms with Crippen molar-refractivity contribution in [3.8, 4) is 0 Å². The van der Waals surface area contributed by atoms with Gasteiger partial charge < -0.3 is 9.05 Å². The smallest absolute Gasteiger partial charge is 0.309 e. The van der Waals surface area contributed by atoms with Gasteiger partial charge in [-0.3, -0.25) is 9.13 Å². The van der Waals surface area contributed by atoms with Crippen LogP contribution in [0.1, 0.15) is 5.56 Å². The van der Waals surface area contributed by atoms with Crippen LogP contribution in [0.25, 0.3) is 0 Å². The zero-order valence-corrected chi connectivity index (χ0v) is 10.3. The van der Waals surface area contributed by atoms with Crippen LogP contribution in [0.3, 0.4) is 0 Å². The van der Waals surface area contributed by atoms with Crippen molar-refractivity contribution in [2.45, 2.75) is 6.16 Å². The zero-order chi connectivity index (χ0) is 11.3. The molecule has 0 unspecified atom stereocenters. The second-order valence-corrected chi connectivity index (χ2v) is 5.56. The van der Waals surface area contributed by atoms with Crippen LogP contribution in [0.2, 0.25) is 0 Å². The van der Waals surface area contributed by atoms with Crippen molar-refractivity contribution in [1.82, 2.24) is 0 Å². The van der Waals surface area contributed by atoms with E-state index in [0.29, 0.717) is 17.0 Å². The van der Waals surface area contributed by atoms with E-state index in [2.05, 4.69) is 0 Å². The van der Waals surface area contributed by atoms with E-state index >= 15 is 0 Å². The van der Waals surface area contributed by atoms with Gasteiger partial charge in [0.25, 0.3) is 0 Å². The Balaban J connectivity index is 3.22. The molecular weight excluding hydrogens is 234 g/mol. The normalized spacial score (nSPS) is 11.9. The highest BCUT2D eigenvalue weighted by atomic mass is 31.2. The molecule has 0 N–H and O–H groups in total. The minimum absolute atomic E-state index is 0.0225. The van der Waals surface area contributed by atoms with Crippen molar-refractivity contribution in [3.05, 3.63) is 29.8 Å². The van der Waals surface area contributed by atoms with Gasteiger partial charge in [-0.15, -0.1) is 0 Å². The first-order valence-electron chi connectivity index (χ1n) is 4.27. The summed E-state index contributed by atoms with van der Waals surface area (Å²) >= 11 is 0. The summed E-state index contributed by atoms with van der Waals surface area (Å²) in [5.41, 5.74) is 0.709. The predicted octanol–water partition coefficient (Wildman–Crippen LogP) is 2.59. The first kappa shape index (κ1) is 12.5. The summed E-state index contributed by atoms with van der Waals surface area (Å²) < 4.78 is 32.4. The van der Waals surface area contributed by atoms with Crippen LogP contribution in [-0.2, 0) is 24.3 Å². The van der Waals surface area contributed by atoms with Gasteiger partial charge in [-0.2, -0.15) is 0 Å². The highest BCUT2D eigenvalue weighted by molar-refractivity contribution is 7.62. The zero-order valence-electron chi connectivity index (χ0n) is 8.54. The maximum atomic E-state index is 12.1. The summed E-state index contributed by atoms with van der Waals surface area (Å²) in [5.74, 6) is 0. The average molecular weight is 246 g/mol. The number of hydrogen-bond acceptors (Lipinski definition) is 4. The number of benzene rings is 1. The summed E-state index contributed by atoms with van der Waals surface area (Å²) in [4.78, 5) is 0. The van der Waals surface area contributed by atoms with Gasteiger partial charge in [0.2, 0.25) is 0 Å². The van der Waals surface area contributed by atoms with Gasteiger partial charge in [-0.25, -0.2) is 0 Å². The van der Waals surface area contributed by atoms with E-state index < -0.39 is 7.60 Å². The lowest BCUT2D eigenvalue weighted by Gasteiger charge is -2.16. The van der Waals surface area contributed by atoms with Crippen LogP contribution in [0.15, 0.2) is 24.3 Å². The molecule has 0 bridgehead atoms. The van der Waals surface area contributed by atoms with Crippen molar-refractivity contribution in [1.29, 1.82) is 0 Å². The maximum Gasteiger partial charge on any atom is 0.361 e. The Bertz CT molecular complexity index is 383. The summed E-state index contributed by atoms with van der Waals surface area (Å²) in [7, 11) is -0.608. The molecule has 0 saturated heterocycles. The van der Waals surface area contributed by atoms with Crippen molar-refractivity contribution in [2.24, 2.45) is 0 Å². The third-order valence-corrected chi connectivity index (χ3v) is 4.46. The van der Waals surface area contributed by atoms with E-state index in [1.165, 1.54) is 14.2 Å². The third kappa shape index (κ3) is 2.73. The summed E-state index contributed by atoms with van der Waals surface area (Å²) in [6, 6.07) is 6.95. The van der Waals surface area contributed by atoms with Crippen LogP contribution in [-0.4, -0.2) is 14.2 Å². The second kappa shape index (κ2) is 5.53. The largest absolute Gasteiger partial charge is 0.361 e. The average Bonchev–Trinajstić information content (AvgIpc) is 2.29. The lowest BCUT2D eigenvalue weighted by molar-refractivity contribution is 0.287. The molecule has 1 rings (SSSR count). The molecule has 0 aliphatic carbocycles. The molecule has 6 heteroatoms. The molecule has 15 heavy (non-hydrogen) atoms. The highest BCUT2D eigenvalue weighted by Crippen LogP contribution is 2.46. The Labute approximate surface area is 90.3 Å². The molecule has 0 aliphatic heterocycles. The molecule has 0 saturated carbocycles. The molecule has 0 aliphatic rings. The Morgan fingerprint density at radius 2 is 1.87 bits per heavy atom. The van der Waals surface area contributed by atoms with Gasteiger partial charge >= 0.3 is 7.60 Å². The standard InChI is InChI=1S/C9H12O4P2/c1-12-15(11,13-2)9-6-4-3-5-8(9)7-14-10/h3-6H,7H2,1-2H3.